The number of ether oxygens (including phenoxy) is 1. The first-order valence-corrected chi connectivity index (χ1v) is 10.1. The van der Waals surface area contributed by atoms with E-state index in [0.29, 0.717) is 11.4 Å². The maximum absolute atomic E-state index is 12.7. The van der Waals surface area contributed by atoms with Crippen molar-refractivity contribution in [3.8, 4) is 5.75 Å². The van der Waals surface area contributed by atoms with Crippen molar-refractivity contribution in [2.24, 2.45) is 0 Å². The Morgan fingerprint density at radius 3 is 2.40 bits per heavy atom. The summed E-state index contributed by atoms with van der Waals surface area (Å²) in [7, 11) is -3.27. The molecule has 2 aromatic carbocycles. The summed E-state index contributed by atoms with van der Waals surface area (Å²) in [6, 6.07) is 15.6. The minimum Gasteiger partial charge on any atom is -0.484 e. The van der Waals surface area contributed by atoms with Crippen LogP contribution >= 0.6 is 15.9 Å². The Bertz CT molecular complexity index is 879. The predicted molar refractivity (Wildman–Crippen MR) is 100 cm³/mol. The van der Waals surface area contributed by atoms with E-state index in [-0.39, 0.29) is 18.3 Å². The standard InChI is InChI=1S/C18H16BrNO4S/c19-14-6-8-17(9-7-14)24-12-18(21)20(15-4-2-1-3-5-15)16-10-11-25(22,23)13-16/h1-11,16H,12-13H2/t16-/m1/s1. The number of benzene rings is 2. The first-order valence-electron chi connectivity index (χ1n) is 7.61. The number of rotatable bonds is 5. The molecule has 2 aromatic rings. The monoisotopic (exact) mass is 421 g/mol. The Morgan fingerprint density at radius 2 is 1.80 bits per heavy atom. The van der Waals surface area contributed by atoms with Crippen LogP contribution in [0.25, 0.3) is 0 Å². The molecule has 0 bridgehead atoms. The van der Waals surface area contributed by atoms with E-state index >= 15 is 0 Å². The zero-order valence-electron chi connectivity index (χ0n) is 13.2. The highest BCUT2D eigenvalue weighted by molar-refractivity contribution is 9.10. The van der Waals surface area contributed by atoms with E-state index in [1.54, 1.807) is 42.5 Å². The number of carbonyl (C=O) groups excluding carboxylic acids is 1. The molecule has 0 fully saturated rings. The van der Waals surface area contributed by atoms with Gasteiger partial charge >= 0.3 is 0 Å². The molecule has 1 aliphatic rings. The molecule has 1 heterocycles. The van der Waals surface area contributed by atoms with Gasteiger partial charge in [0.15, 0.2) is 16.4 Å². The second-order valence-electron chi connectivity index (χ2n) is 5.57. The molecule has 1 amide bonds. The van der Waals surface area contributed by atoms with Gasteiger partial charge in [0.2, 0.25) is 0 Å². The van der Waals surface area contributed by atoms with E-state index in [4.69, 9.17) is 4.74 Å². The summed E-state index contributed by atoms with van der Waals surface area (Å²) in [5, 5.41) is 1.16. The third-order valence-corrected chi connectivity index (χ3v) is 5.63. The van der Waals surface area contributed by atoms with E-state index < -0.39 is 15.9 Å². The molecular weight excluding hydrogens is 406 g/mol. The van der Waals surface area contributed by atoms with Crippen LogP contribution in [-0.4, -0.2) is 32.7 Å². The van der Waals surface area contributed by atoms with Gasteiger partial charge in [-0.1, -0.05) is 34.1 Å². The summed E-state index contributed by atoms with van der Waals surface area (Å²) >= 11 is 3.34. The highest BCUT2D eigenvalue weighted by Gasteiger charge is 2.31. The molecule has 1 atom stereocenters. The molecular formula is C18H16BrNO4S. The average molecular weight is 422 g/mol. The summed E-state index contributed by atoms with van der Waals surface area (Å²) in [5.74, 6) is 0.145. The Morgan fingerprint density at radius 1 is 1.12 bits per heavy atom. The molecule has 0 spiro atoms. The van der Waals surface area contributed by atoms with E-state index in [0.717, 1.165) is 9.88 Å². The van der Waals surface area contributed by atoms with Crippen molar-refractivity contribution in [2.45, 2.75) is 6.04 Å². The van der Waals surface area contributed by atoms with Gasteiger partial charge in [-0.2, -0.15) is 0 Å². The summed E-state index contributed by atoms with van der Waals surface area (Å²) < 4.78 is 30.0. The number of halogens is 1. The minimum atomic E-state index is -3.27. The largest absolute Gasteiger partial charge is 0.484 e. The van der Waals surface area contributed by atoms with Gasteiger partial charge in [-0.25, -0.2) is 8.42 Å². The van der Waals surface area contributed by atoms with Gasteiger partial charge in [0, 0.05) is 15.6 Å². The third-order valence-electron chi connectivity index (χ3n) is 3.72. The summed E-state index contributed by atoms with van der Waals surface area (Å²) in [4.78, 5) is 14.2. The number of sulfone groups is 1. The molecule has 0 saturated carbocycles. The lowest BCUT2D eigenvalue weighted by Gasteiger charge is -2.27. The fraction of sp³-hybridized carbons (Fsp3) is 0.167. The molecule has 1 aliphatic heterocycles. The normalized spacial score (nSPS) is 18.0. The molecule has 3 rings (SSSR count). The van der Waals surface area contributed by atoms with Gasteiger partial charge in [0.25, 0.3) is 5.91 Å². The van der Waals surface area contributed by atoms with Crippen LogP contribution in [-0.2, 0) is 14.6 Å². The van der Waals surface area contributed by atoms with Gasteiger partial charge in [-0.15, -0.1) is 0 Å². The minimum absolute atomic E-state index is 0.119. The van der Waals surface area contributed by atoms with Crippen molar-refractivity contribution in [2.75, 3.05) is 17.3 Å². The average Bonchev–Trinajstić information content (AvgIpc) is 2.95. The molecule has 0 aromatic heterocycles. The smallest absolute Gasteiger partial charge is 0.265 e. The summed E-state index contributed by atoms with van der Waals surface area (Å²) in [5.41, 5.74) is 0.638. The molecule has 130 valence electrons. The first kappa shape index (κ1) is 17.7. The van der Waals surface area contributed by atoms with E-state index in [2.05, 4.69) is 15.9 Å². The number of anilines is 1. The number of carbonyl (C=O) groups is 1. The number of hydrogen-bond donors (Lipinski definition) is 0. The molecule has 25 heavy (non-hydrogen) atoms. The van der Waals surface area contributed by atoms with Crippen LogP contribution in [0.1, 0.15) is 0 Å². The zero-order valence-corrected chi connectivity index (χ0v) is 15.6. The fourth-order valence-corrected chi connectivity index (χ4v) is 4.11. The van der Waals surface area contributed by atoms with Crippen molar-refractivity contribution >= 4 is 37.4 Å². The predicted octanol–water partition coefficient (Wildman–Crippen LogP) is 3.17. The molecule has 0 saturated heterocycles. The Labute approximate surface area is 155 Å². The second kappa shape index (κ2) is 7.41. The van der Waals surface area contributed by atoms with E-state index in [9.17, 15) is 13.2 Å². The lowest BCUT2D eigenvalue weighted by Crippen LogP contribution is -2.43. The van der Waals surface area contributed by atoms with Crippen molar-refractivity contribution < 1.29 is 17.9 Å². The molecule has 5 nitrogen and oxygen atoms in total. The van der Waals surface area contributed by atoms with Gasteiger partial charge in [0.05, 0.1) is 11.8 Å². The maximum atomic E-state index is 12.7. The molecule has 0 aliphatic carbocycles. The van der Waals surface area contributed by atoms with E-state index in [1.807, 2.05) is 18.2 Å². The lowest BCUT2D eigenvalue weighted by atomic mass is 10.2. The third kappa shape index (κ3) is 4.49. The SMILES string of the molecule is O=C(COc1ccc(Br)cc1)N(c1ccccc1)[C@@H]1C=CS(=O)(=O)C1. The van der Waals surface area contributed by atoms with Gasteiger partial charge < -0.3 is 9.64 Å². The van der Waals surface area contributed by atoms with Gasteiger partial charge in [0.1, 0.15) is 5.75 Å². The number of hydrogen-bond acceptors (Lipinski definition) is 4. The Balaban J connectivity index is 1.78. The first-order chi connectivity index (χ1) is 11.9. The summed E-state index contributed by atoms with van der Waals surface area (Å²) in [6.07, 6.45) is 1.54. The van der Waals surface area contributed by atoms with Crippen LogP contribution in [0, 0.1) is 0 Å². The summed E-state index contributed by atoms with van der Waals surface area (Å²) in [6.45, 7) is -0.180. The number of nitrogens with zero attached hydrogens (tertiary/aromatic N) is 1. The quantitative estimate of drug-likeness (QED) is 0.743. The highest BCUT2D eigenvalue weighted by Crippen LogP contribution is 2.23. The molecule has 0 N–H and O–H groups in total. The Hall–Kier alpha value is -2.12. The van der Waals surface area contributed by atoms with Crippen molar-refractivity contribution in [1.29, 1.82) is 0 Å². The van der Waals surface area contributed by atoms with Crippen LogP contribution in [0.5, 0.6) is 5.75 Å². The Kier molecular flexibility index (Phi) is 5.24. The van der Waals surface area contributed by atoms with Crippen LogP contribution in [0.2, 0.25) is 0 Å². The number of amides is 1. The second-order valence-corrected chi connectivity index (χ2v) is 8.41. The van der Waals surface area contributed by atoms with Gasteiger partial charge in [-0.05, 0) is 42.5 Å². The van der Waals surface area contributed by atoms with Crippen LogP contribution in [0.15, 0.2) is 70.6 Å². The van der Waals surface area contributed by atoms with Crippen molar-refractivity contribution in [1.82, 2.24) is 0 Å². The number of para-hydroxylation sites is 1. The topological polar surface area (TPSA) is 63.7 Å². The van der Waals surface area contributed by atoms with Gasteiger partial charge in [-0.3, -0.25) is 4.79 Å². The molecule has 7 heteroatoms. The lowest BCUT2D eigenvalue weighted by molar-refractivity contribution is -0.120. The van der Waals surface area contributed by atoms with Crippen molar-refractivity contribution in [3.63, 3.8) is 0 Å². The molecule has 0 unspecified atom stereocenters. The van der Waals surface area contributed by atoms with Crippen molar-refractivity contribution in [3.05, 3.63) is 70.6 Å². The fourth-order valence-electron chi connectivity index (χ4n) is 2.57. The van der Waals surface area contributed by atoms with Crippen LogP contribution < -0.4 is 9.64 Å². The maximum Gasteiger partial charge on any atom is 0.265 e. The zero-order chi connectivity index (χ0) is 17.9. The van der Waals surface area contributed by atoms with Crippen LogP contribution in [0.3, 0.4) is 0 Å². The van der Waals surface area contributed by atoms with Crippen LogP contribution in [0.4, 0.5) is 5.69 Å². The molecule has 0 radical (unpaired) electrons. The highest BCUT2D eigenvalue weighted by atomic mass is 79.9. The van der Waals surface area contributed by atoms with E-state index in [1.165, 1.54) is 4.90 Å².